The minimum atomic E-state index is -1.13. The van der Waals surface area contributed by atoms with E-state index >= 15 is 0 Å². The fraction of sp³-hybridized carbons (Fsp3) is 0.318. The number of carbonyl (C=O) groups is 1. The van der Waals surface area contributed by atoms with E-state index in [0.29, 0.717) is 13.1 Å². The normalized spacial score (nSPS) is 19.4. The van der Waals surface area contributed by atoms with Crippen LogP contribution in [-0.4, -0.2) is 61.2 Å². The Morgan fingerprint density at radius 1 is 1.10 bits per heavy atom. The van der Waals surface area contributed by atoms with Crippen LogP contribution >= 0.6 is 24.2 Å². The van der Waals surface area contributed by atoms with Gasteiger partial charge in [0, 0.05) is 13.1 Å². The summed E-state index contributed by atoms with van der Waals surface area (Å²) in [6, 6.07) is 17.3. The molecule has 2 atom stereocenters. The van der Waals surface area contributed by atoms with Crippen molar-refractivity contribution in [1.82, 2.24) is 9.80 Å². The summed E-state index contributed by atoms with van der Waals surface area (Å²) in [5.74, 6) is 0.471. The molecule has 2 unspecified atom stereocenters. The van der Waals surface area contributed by atoms with Gasteiger partial charge < -0.3 is 19.6 Å². The summed E-state index contributed by atoms with van der Waals surface area (Å²) in [5.41, 5.74) is 2.68. The molecule has 2 aromatic rings. The highest BCUT2D eigenvalue weighted by molar-refractivity contribution is 8.02. The standard InChI is InChI=1S/C22H26N2O3S.ClH/c1-23(2)13-14-24-19(16-7-5-4-6-8-16)15-28-21(20(25)22(24)26)17-9-11-18(27-3)12-10-17;/h4-12,15,20-21,25H,13-14H2,1-3H3;1H. The Morgan fingerprint density at radius 2 is 1.76 bits per heavy atom. The molecule has 0 spiro atoms. The molecule has 156 valence electrons. The molecule has 29 heavy (non-hydrogen) atoms. The molecule has 2 aromatic carbocycles. The SMILES string of the molecule is COc1ccc(C2SC=C(c3ccccc3)N(CCN(C)C)C(=O)C2O)cc1.Cl. The molecule has 0 radical (unpaired) electrons. The zero-order valence-corrected chi connectivity index (χ0v) is 18.5. The number of methoxy groups -OCH3 is 1. The van der Waals surface area contributed by atoms with Crippen LogP contribution in [0.25, 0.3) is 5.70 Å². The summed E-state index contributed by atoms with van der Waals surface area (Å²) >= 11 is 1.47. The van der Waals surface area contributed by atoms with Crippen molar-refractivity contribution in [1.29, 1.82) is 0 Å². The Hall–Kier alpha value is -1.99. The van der Waals surface area contributed by atoms with Gasteiger partial charge in [-0.2, -0.15) is 0 Å². The highest BCUT2D eigenvalue weighted by Gasteiger charge is 2.35. The van der Waals surface area contributed by atoms with Gasteiger partial charge in [-0.1, -0.05) is 42.5 Å². The highest BCUT2D eigenvalue weighted by Crippen LogP contribution is 2.40. The molecular weight excluding hydrogens is 408 g/mol. The van der Waals surface area contributed by atoms with Crippen LogP contribution in [0.3, 0.4) is 0 Å². The average molecular weight is 435 g/mol. The van der Waals surface area contributed by atoms with Crippen molar-refractivity contribution in [2.75, 3.05) is 34.3 Å². The summed E-state index contributed by atoms with van der Waals surface area (Å²) in [4.78, 5) is 17.0. The van der Waals surface area contributed by atoms with Crippen molar-refractivity contribution in [2.24, 2.45) is 0 Å². The second-order valence-electron chi connectivity index (χ2n) is 6.94. The lowest BCUT2D eigenvalue weighted by Crippen LogP contribution is -2.42. The fourth-order valence-corrected chi connectivity index (χ4v) is 4.22. The Labute approximate surface area is 182 Å². The molecule has 0 saturated carbocycles. The third-order valence-corrected chi connectivity index (χ3v) is 5.89. The predicted octanol–water partition coefficient (Wildman–Crippen LogP) is 3.65. The molecule has 1 aliphatic rings. The zero-order chi connectivity index (χ0) is 20.1. The van der Waals surface area contributed by atoms with Crippen LogP contribution < -0.4 is 4.74 Å². The van der Waals surface area contributed by atoms with E-state index in [-0.39, 0.29) is 23.6 Å². The number of hydrogen-bond donors (Lipinski definition) is 1. The Kier molecular flexibility index (Phi) is 8.59. The smallest absolute Gasteiger partial charge is 0.257 e. The molecule has 0 saturated heterocycles. The van der Waals surface area contributed by atoms with Crippen LogP contribution in [0.4, 0.5) is 0 Å². The first-order chi connectivity index (χ1) is 13.5. The number of nitrogens with zero attached hydrogens (tertiary/aromatic N) is 2. The quantitative estimate of drug-likeness (QED) is 0.752. The van der Waals surface area contributed by atoms with Crippen LogP contribution in [0, 0.1) is 0 Å². The van der Waals surface area contributed by atoms with Gasteiger partial charge in [0.1, 0.15) is 11.9 Å². The maximum atomic E-state index is 13.2. The highest BCUT2D eigenvalue weighted by atomic mass is 35.5. The number of halogens is 1. The van der Waals surface area contributed by atoms with Gasteiger partial charge in [-0.05, 0) is 42.8 Å². The molecule has 0 bridgehead atoms. The number of aliphatic hydroxyl groups is 1. The molecule has 0 aromatic heterocycles. The second kappa shape index (κ2) is 10.7. The largest absolute Gasteiger partial charge is 0.497 e. The molecule has 5 nitrogen and oxygen atoms in total. The van der Waals surface area contributed by atoms with Gasteiger partial charge in [0.05, 0.1) is 18.1 Å². The number of aliphatic hydroxyl groups excluding tert-OH is 1. The number of hydrogen-bond acceptors (Lipinski definition) is 5. The van der Waals surface area contributed by atoms with Crippen LogP contribution in [0.5, 0.6) is 5.75 Å². The molecule has 0 aliphatic carbocycles. The third-order valence-electron chi connectivity index (χ3n) is 4.71. The van der Waals surface area contributed by atoms with Crippen molar-refractivity contribution < 1.29 is 14.6 Å². The van der Waals surface area contributed by atoms with E-state index in [9.17, 15) is 9.90 Å². The van der Waals surface area contributed by atoms with Gasteiger partial charge in [-0.25, -0.2) is 0 Å². The number of carbonyl (C=O) groups excluding carboxylic acids is 1. The van der Waals surface area contributed by atoms with E-state index in [0.717, 1.165) is 22.6 Å². The molecule has 1 N–H and O–H groups in total. The molecule has 1 heterocycles. The zero-order valence-electron chi connectivity index (χ0n) is 16.8. The number of amides is 1. The molecule has 1 amide bonds. The maximum absolute atomic E-state index is 13.2. The first-order valence-corrected chi connectivity index (χ1v) is 10.1. The maximum Gasteiger partial charge on any atom is 0.257 e. The van der Waals surface area contributed by atoms with Crippen molar-refractivity contribution >= 4 is 35.8 Å². The van der Waals surface area contributed by atoms with Crippen molar-refractivity contribution in [3.8, 4) is 5.75 Å². The Bertz CT molecular complexity index is 828. The van der Waals surface area contributed by atoms with Crippen molar-refractivity contribution in [2.45, 2.75) is 11.4 Å². The topological polar surface area (TPSA) is 53.0 Å². The van der Waals surface area contributed by atoms with E-state index in [1.165, 1.54) is 11.8 Å². The van der Waals surface area contributed by atoms with E-state index in [1.807, 2.05) is 79.0 Å². The van der Waals surface area contributed by atoms with Crippen LogP contribution in [0.15, 0.2) is 60.0 Å². The van der Waals surface area contributed by atoms with E-state index in [2.05, 4.69) is 0 Å². The van der Waals surface area contributed by atoms with Crippen LogP contribution in [0.2, 0.25) is 0 Å². The van der Waals surface area contributed by atoms with E-state index in [4.69, 9.17) is 4.74 Å². The number of likely N-dealkylation sites (N-methyl/N-ethyl adjacent to an activating group) is 1. The van der Waals surface area contributed by atoms with E-state index in [1.54, 1.807) is 12.0 Å². The molecule has 7 heteroatoms. The first kappa shape index (κ1) is 23.3. The molecule has 3 rings (SSSR count). The summed E-state index contributed by atoms with van der Waals surface area (Å²) in [6.07, 6.45) is -1.13. The summed E-state index contributed by atoms with van der Waals surface area (Å²) in [7, 11) is 5.56. The average Bonchev–Trinajstić information content (AvgIpc) is 2.84. The van der Waals surface area contributed by atoms with Gasteiger partial charge >= 0.3 is 0 Å². The summed E-state index contributed by atoms with van der Waals surface area (Å²) in [5, 5.41) is 12.5. The van der Waals surface area contributed by atoms with Gasteiger partial charge in [-0.3, -0.25) is 4.79 Å². The minimum absolute atomic E-state index is 0. The van der Waals surface area contributed by atoms with E-state index < -0.39 is 6.10 Å². The fourth-order valence-electron chi connectivity index (χ4n) is 3.10. The third kappa shape index (κ3) is 5.54. The number of ether oxygens (including phenoxy) is 1. The Morgan fingerprint density at radius 3 is 2.34 bits per heavy atom. The van der Waals surface area contributed by atoms with Gasteiger partial charge in [0.2, 0.25) is 0 Å². The van der Waals surface area contributed by atoms with Crippen molar-refractivity contribution in [3.63, 3.8) is 0 Å². The second-order valence-corrected chi connectivity index (χ2v) is 7.95. The van der Waals surface area contributed by atoms with Gasteiger partial charge in [0.25, 0.3) is 5.91 Å². The summed E-state index contributed by atoms with van der Waals surface area (Å²) < 4.78 is 5.21. The minimum Gasteiger partial charge on any atom is -0.497 e. The molecule has 0 fully saturated rings. The van der Waals surface area contributed by atoms with Crippen LogP contribution in [-0.2, 0) is 4.79 Å². The lowest BCUT2D eigenvalue weighted by Gasteiger charge is -2.28. The molecular formula is C22H27ClN2O3S. The lowest BCUT2D eigenvalue weighted by molar-refractivity contribution is -0.136. The van der Waals surface area contributed by atoms with Crippen LogP contribution in [0.1, 0.15) is 16.4 Å². The molecule has 1 aliphatic heterocycles. The first-order valence-electron chi connectivity index (χ1n) is 9.20. The van der Waals surface area contributed by atoms with Crippen molar-refractivity contribution in [3.05, 3.63) is 71.1 Å². The number of thioether (sulfide) groups is 1. The summed E-state index contributed by atoms with van der Waals surface area (Å²) in [6.45, 7) is 1.22. The van der Waals surface area contributed by atoms with Gasteiger partial charge in [0.15, 0.2) is 0 Å². The monoisotopic (exact) mass is 434 g/mol. The predicted molar refractivity (Wildman–Crippen MR) is 121 cm³/mol. The lowest BCUT2D eigenvalue weighted by atomic mass is 10.0. The number of benzene rings is 2. The Balaban J connectivity index is 0.00000300. The number of rotatable bonds is 6. The van der Waals surface area contributed by atoms with Gasteiger partial charge in [-0.15, -0.1) is 24.2 Å².